The summed E-state index contributed by atoms with van der Waals surface area (Å²) in [6.45, 7) is 3.92. The van der Waals surface area contributed by atoms with Gasteiger partial charge in [0.25, 0.3) is 0 Å². The first-order valence-electron chi connectivity index (χ1n) is 6.57. The van der Waals surface area contributed by atoms with Gasteiger partial charge in [0.1, 0.15) is 10.2 Å². The Kier molecular flexibility index (Phi) is 5.05. The van der Waals surface area contributed by atoms with Gasteiger partial charge in [-0.3, -0.25) is 4.79 Å². The minimum Gasteiger partial charge on any atom is -0.507 e. The molecule has 1 amide bonds. The molecular weight excluding hydrogens is 347 g/mol. The molecule has 1 saturated carbocycles. The molecule has 7 heteroatoms. The monoisotopic (exact) mass is 360 g/mol. The summed E-state index contributed by atoms with van der Waals surface area (Å²) in [5, 5.41) is 14.0. The fraction of sp³-hybridized carbons (Fsp3) is 0.333. The highest BCUT2D eigenvalue weighted by molar-refractivity contribution is 6.55. The molecule has 0 unspecified atom stereocenters. The van der Waals surface area contributed by atoms with Gasteiger partial charge in [-0.25, -0.2) is 5.43 Å². The Morgan fingerprint density at radius 2 is 2.09 bits per heavy atom. The Labute approximate surface area is 143 Å². The second-order valence-electron chi connectivity index (χ2n) is 5.72. The van der Waals surface area contributed by atoms with Gasteiger partial charge in [-0.05, 0) is 35.6 Å². The van der Waals surface area contributed by atoms with E-state index in [1.165, 1.54) is 12.3 Å². The first-order valence-corrected chi connectivity index (χ1v) is 7.71. The van der Waals surface area contributed by atoms with Gasteiger partial charge in [0.05, 0.1) is 12.1 Å². The number of nitrogens with zero attached hydrogens (tertiary/aromatic N) is 1. The lowest BCUT2D eigenvalue weighted by Crippen LogP contribution is -2.21. The van der Waals surface area contributed by atoms with Gasteiger partial charge >= 0.3 is 0 Å². The van der Waals surface area contributed by atoms with Crippen molar-refractivity contribution >= 4 is 46.9 Å². The van der Waals surface area contributed by atoms with Crippen molar-refractivity contribution in [3.8, 4) is 5.75 Å². The largest absolute Gasteiger partial charge is 0.507 e. The van der Waals surface area contributed by atoms with Crippen LogP contribution in [0.15, 0.2) is 33.9 Å². The zero-order valence-corrected chi connectivity index (χ0v) is 14.2. The molecule has 0 aliphatic heterocycles. The second kappa shape index (κ2) is 6.49. The summed E-state index contributed by atoms with van der Waals surface area (Å²) >= 11 is 17.1. The number of benzene rings is 1. The molecule has 2 rings (SSSR count). The molecule has 118 valence electrons. The van der Waals surface area contributed by atoms with E-state index < -0.39 is 0 Å². The van der Waals surface area contributed by atoms with Crippen molar-refractivity contribution in [2.45, 2.75) is 13.8 Å². The van der Waals surface area contributed by atoms with E-state index >= 15 is 0 Å². The summed E-state index contributed by atoms with van der Waals surface area (Å²) in [5.74, 6) is -0.458. The number of amides is 1. The van der Waals surface area contributed by atoms with Crippen LogP contribution >= 0.6 is 34.8 Å². The highest BCUT2D eigenvalue weighted by Crippen LogP contribution is 2.59. The van der Waals surface area contributed by atoms with Crippen molar-refractivity contribution in [2.75, 3.05) is 0 Å². The predicted octanol–water partition coefficient (Wildman–Crippen LogP) is 4.09. The van der Waals surface area contributed by atoms with Crippen molar-refractivity contribution in [3.05, 3.63) is 39.4 Å². The van der Waals surface area contributed by atoms with E-state index in [2.05, 4.69) is 10.5 Å². The average molecular weight is 362 g/mol. The van der Waals surface area contributed by atoms with E-state index in [9.17, 15) is 9.90 Å². The fourth-order valence-electron chi connectivity index (χ4n) is 2.49. The lowest BCUT2D eigenvalue weighted by atomic mass is 10.1. The third-order valence-electron chi connectivity index (χ3n) is 3.87. The lowest BCUT2D eigenvalue weighted by Gasteiger charge is -2.02. The molecule has 2 atom stereocenters. The molecule has 0 spiro atoms. The SMILES string of the molecule is CC1(C)[C@@H](C=C(Cl)Cl)[C@@H]1C(=O)N/N=C\c1cc(Cl)ccc1O. The predicted molar refractivity (Wildman–Crippen MR) is 89.4 cm³/mol. The normalized spacial score (nSPS) is 22.4. The Balaban J connectivity index is 2.00. The van der Waals surface area contributed by atoms with Gasteiger partial charge in [0.2, 0.25) is 5.91 Å². The topological polar surface area (TPSA) is 61.7 Å². The minimum absolute atomic E-state index is 0.0210. The molecule has 4 nitrogen and oxygen atoms in total. The standard InChI is InChI=1S/C15H15Cl3N2O2/c1-15(2)10(6-12(17)18)13(15)14(22)20-19-7-8-5-9(16)3-4-11(8)21/h3-7,10,13,21H,1-2H3,(H,20,22)/b19-7-/t10-,13+/m0/s1. The van der Waals surface area contributed by atoms with Crippen LogP contribution in [0.5, 0.6) is 5.75 Å². The van der Waals surface area contributed by atoms with Crippen LogP contribution < -0.4 is 5.43 Å². The maximum Gasteiger partial charge on any atom is 0.244 e. The van der Waals surface area contributed by atoms with Crippen LogP contribution in [-0.2, 0) is 4.79 Å². The number of halogens is 3. The van der Waals surface area contributed by atoms with Gasteiger partial charge in [-0.2, -0.15) is 5.10 Å². The number of hydrogen-bond acceptors (Lipinski definition) is 3. The zero-order chi connectivity index (χ0) is 16.5. The van der Waals surface area contributed by atoms with Gasteiger partial charge in [-0.15, -0.1) is 0 Å². The number of carbonyl (C=O) groups excluding carboxylic acids is 1. The van der Waals surface area contributed by atoms with E-state index in [1.54, 1.807) is 18.2 Å². The summed E-state index contributed by atoms with van der Waals surface area (Å²) in [7, 11) is 0. The van der Waals surface area contributed by atoms with Crippen molar-refractivity contribution < 1.29 is 9.90 Å². The van der Waals surface area contributed by atoms with Crippen LogP contribution in [0, 0.1) is 17.3 Å². The van der Waals surface area contributed by atoms with Crippen LogP contribution in [0.4, 0.5) is 0 Å². The Morgan fingerprint density at radius 1 is 1.41 bits per heavy atom. The summed E-state index contributed by atoms with van der Waals surface area (Å²) in [5.41, 5.74) is 2.66. The van der Waals surface area contributed by atoms with Crippen LogP contribution in [-0.4, -0.2) is 17.2 Å². The van der Waals surface area contributed by atoms with Crippen LogP contribution in [0.2, 0.25) is 5.02 Å². The zero-order valence-electron chi connectivity index (χ0n) is 12.0. The highest BCUT2D eigenvalue weighted by atomic mass is 35.5. The number of rotatable bonds is 4. The smallest absolute Gasteiger partial charge is 0.244 e. The van der Waals surface area contributed by atoms with Gasteiger partial charge in [0.15, 0.2) is 0 Å². The number of allylic oxidation sites excluding steroid dienone is 1. The molecule has 0 heterocycles. The number of aromatic hydroxyl groups is 1. The second-order valence-corrected chi connectivity index (χ2v) is 7.16. The number of phenols is 1. The van der Waals surface area contributed by atoms with Gasteiger partial charge < -0.3 is 5.11 Å². The summed E-state index contributed by atoms with van der Waals surface area (Å²) in [6.07, 6.45) is 3.01. The molecule has 1 aliphatic rings. The lowest BCUT2D eigenvalue weighted by molar-refractivity contribution is -0.123. The molecule has 1 aromatic carbocycles. The van der Waals surface area contributed by atoms with Crippen molar-refractivity contribution in [1.82, 2.24) is 5.43 Å². The Hall–Kier alpha value is -1.23. The average Bonchev–Trinajstić information content (AvgIpc) is 2.94. The van der Waals surface area contributed by atoms with Crippen molar-refractivity contribution in [3.63, 3.8) is 0 Å². The molecule has 0 radical (unpaired) electrons. The number of nitrogens with one attached hydrogen (secondary N) is 1. The first-order chi connectivity index (χ1) is 10.2. The van der Waals surface area contributed by atoms with E-state index in [1.807, 2.05) is 13.8 Å². The summed E-state index contributed by atoms with van der Waals surface area (Å²) in [4.78, 5) is 12.1. The van der Waals surface area contributed by atoms with Crippen molar-refractivity contribution in [2.24, 2.45) is 22.4 Å². The molecule has 0 bridgehead atoms. The fourth-order valence-corrected chi connectivity index (χ4v) is 2.94. The first kappa shape index (κ1) is 17.1. The third-order valence-corrected chi connectivity index (χ3v) is 4.35. The van der Waals surface area contributed by atoms with Crippen LogP contribution in [0.25, 0.3) is 0 Å². The number of phenolic OH excluding ortho intramolecular Hbond substituents is 1. The highest BCUT2D eigenvalue weighted by Gasteiger charge is 2.60. The third kappa shape index (κ3) is 3.75. The summed E-state index contributed by atoms with van der Waals surface area (Å²) in [6, 6.07) is 4.57. The van der Waals surface area contributed by atoms with Crippen molar-refractivity contribution in [1.29, 1.82) is 0 Å². The Bertz CT molecular complexity index is 652. The molecule has 1 aromatic rings. The van der Waals surface area contributed by atoms with Crippen LogP contribution in [0.3, 0.4) is 0 Å². The Morgan fingerprint density at radius 3 is 2.73 bits per heavy atom. The molecule has 22 heavy (non-hydrogen) atoms. The van der Waals surface area contributed by atoms with Gasteiger partial charge in [-0.1, -0.05) is 48.7 Å². The van der Waals surface area contributed by atoms with Gasteiger partial charge in [0, 0.05) is 10.6 Å². The summed E-state index contributed by atoms with van der Waals surface area (Å²) < 4.78 is 0.153. The molecule has 1 aliphatic carbocycles. The number of carbonyl (C=O) groups is 1. The van der Waals surface area contributed by atoms with E-state index in [4.69, 9.17) is 34.8 Å². The molecular formula is C15H15Cl3N2O2. The maximum absolute atomic E-state index is 12.1. The molecule has 2 N–H and O–H groups in total. The van der Waals surface area contributed by atoms with E-state index in [0.717, 1.165) is 0 Å². The van der Waals surface area contributed by atoms with E-state index in [-0.39, 0.29) is 33.4 Å². The minimum atomic E-state index is -0.245. The molecule has 0 saturated heterocycles. The maximum atomic E-state index is 12.1. The number of hydrogen-bond donors (Lipinski definition) is 2. The number of hydrazone groups is 1. The molecule has 0 aromatic heterocycles. The molecule has 1 fully saturated rings. The van der Waals surface area contributed by atoms with E-state index in [0.29, 0.717) is 10.6 Å². The quantitative estimate of drug-likeness (QED) is 0.627. The van der Waals surface area contributed by atoms with Crippen LogP contribution in [0.1, 0.15) is 19.4 Å².